The molecule has 3 heteroatoms. The fourth-order valence-electron chi connectivity index (χ4n) is 2.83. The van der Waals surface area contributed by atoms with Crippen molar-refractivity contribution in [3.8, 4) is 0 Å². The molecule has 1 aliphatic heterocycles. The molecule has 2 N–H and O–H groups in total. The first-order valence-corrected chi connectivity index (χ1v) is 4.53. The monoisotopic (exact) mass is 169 g/mol. The van der Waals surface area contributed by atoms with E-state index in [-0.39, 0.29) is 11.5 Å². The van der Waals surface area contributed by atoms with E-state index < -0.39 is 11.4 Å². The highest BCUT2D eigenvalue weighted by atomic mass is 16.4. The molecule has 2 aliphatic rings. The van der Waals surface area contributed by atoms with Crippen LogP contribution < -0.4 is 5.32 Å². The molecule has 3 nitrogen and oxygen atoms in total. The van der Waals surface area contributed by atoms with Crippen molar-refractivity contribution in [2.75, 3.05) is 6.54 Å². The number of carboxylic acids is 1. The zero-order valence-electron chi connectivity index (χ0n) is 7.55. The summed E-state index contributed by atoms with van der Waals surface area (Å²) < 4.78 is 0. The Morgan fingerprint density at radius 1 is 1.75 bits per heavy atom. The molecule has 0 aromatic carbocycles. The Kier molecular flexibility index (Phi) is 1.35. The van der Waals surface area contributed by atoms with Gasteiger partial charge >= 0.3 is 5.97 Å². The number of carboxylic acid groups (broad SMARTS) is 1. The molecule has 0 aromatic heterocycles. The minimum absolute atomic E-state index is 0.0412. The first-order chi connectivity index (χ1) is 5.57. The van der Waals surface area contributed by atoms with Gasteiger partial charge in [-0.3, -0.25) is 4.79 Å². The highest BCUT2D eigenvalue weighted by Crippen LogP contribution is 2.69. The molecule has 3 atom stereocenters. The molecule has 1 saturated heterocycles. The number of fused-ring (bicyclic) bond motifs is 1. The summed E-state index contributed by atoms with van der Waals surface area (Å²) >= 11 is 0. The van der Waals surface area contributed by atoms with Crippen LogP contribution in [0.15, 0.2) is 0 Å². The fourth-order valence-corrected chi connectivity index (χ4v) is 2.83. The van der Waals surface area contributed by atoms with E-state index in [0.29, 0.717) is 0 Å². The van der Waals surface area contributed by atoms with Crippen molar-refractivity contribution in [2.45, 2.75) is 32.7 Å². The van der Waals surface area contributed by atoms with Crippen molar-refractivity contribution in [2.24, 2.45) is 10.8 Å². The van der Waals surface area contributed by atoms with Crippen molar-refractivity contribution in [1.82, 2.24) is 5.32 Å². The molecule has 0 spiro atoms. The van der Waals surface area contributed by atoms with Crippen LogP contribution in [0.5, 0.6) is 0 Å². The van der Waals surface area contributed by atoms with Gasteiger partial charge in [0, 0.05) is 12.6 Å². The lowest BCUT2D eigenvalue weighted by Gasteiger charge is -2.17. The summed E-state index contributed by atoms with van der Waals surface area (Å²) in [4.78, 5) is 11.1. The number of nitrogens with one attached hydrogen (secondary N) is 1. The Hall–Kier alpha value is -0.570. The summed E-state index contributed by atoms with van der Waals surface area (Å²) in [5.74, 6) is -0.609. The summed E-state index contributed by atoms with van der Waals surface area (Å²) in [5, 5.41) is 12.4. The molecule has 0 aromatic rings. The van der Waals surface area contributed by atoms with Gasteiger partial charge in [-0.1, -0.05) is 13.8 Å². The molecule has 2 rings (SSSR count). The Morgan fingerprint density at radius 3 is 2.75 bits per heavy atom. The van der Waals surface area contributed by atoms with Crippen LogP contribution in [0.1, 0.15) is 26.7 Å². The zero-order valence-corrected chi connectivity index (χ0v) is 7.55. The maximum atomic E-state index is 11.1. The zero-order chi connectivity index (χ0) is 8.98. The maximum Gasteiger partial charge on any atom is 0.311 e. The Bertz CT molecular complexity index is 241. The van der Waals surface area contributed by atoms with Crippen LogP contribution in [-0.2, 0) is 4.79 Å². The number of rotatable bonds is 2. The number of carbonyl (C=O) groups is 1. The molecule has 0 radical (unpaired) electrons. The van der Waals surface area contributed by atoms with Crippen molar-refractivity contribution in [3.63, 3.8) is 0 Å². The average Bonchev–Trinajstić information content (AvgIpc) is 2.52. The lowest BCUT2D eigenvalue weighted by atomic mass is 9.90. The van der Waals surface area contributed by atoms with Gasteiger partial charge in [-0.25, -0.2) is 0 Å². The smallest absolute Gasteiger partial charge is 0.311 e. The second kappa shape index (κ2) is 2.02. The lowest BCUT2D eigenvalue weighted by Crippen LogP contribution is -2.36. The van der Waals surface area contributed by atoms with Crippen LogP contribution in [-0.4, -0.2) is 23.7 Å². The summed E-state index contributed by atoms with van der Waals surface area (Å²) in [6.45, 7) is 4.99. The third-order valence-electron chi connectivity index (χ3n) is 3.74. The minimum Gasteiger partial charge on any atom is -0.481 e. The van der Waals surface area contributed by atoms with Crippen molar-refractivity contribution in [1.29, 1.82) is 0 Å². The van der Waals surface area contributed by atoms with Gasteiger partial charge in [0.2, 0.25) is 0 Å². The maximum absolute atomic E-state index is 11.1. The molecule has 1 aliphatic carbocycles. The number of aliphatic carboxylic acids is 1. The van der Waals surface area contributed by atoms with Crippen LogP contribution in [0.2, 0.25) is 0 Å². The number of hydrogen-bond donors (Lipinski definition) is 2. The molecule has 1 heterocycles. The van der Waals surface area contributed by atoms with Crippen molar-refractivity contribution in [3.05, 3.63) is 0 Å². The van der Waals surface area contributed by atoms with E-state index in [2.05, 4.69) is 12.2 Å². The topological polar surface area (TPSA) is 49.3 Å². The van der Waals surface area contributed by atoms with Crippen molar-refractivity contribution >= 4 is 5.97 Å². The first kappa shape index (κ1) is 8.05. The normalized spacial score (nSPS) is 50.3. The van der Waals surface area contributed by atoms with E-state index in [1.54, 1.807) is 0 Å². The van der Waals surface area contributed by atoms with Crippen LogP contribution in [0.4, 0.5) is 0 Å². The van der Waals surface area contributed by atoms with E-state index >= 15 is 0 Å². The molecule has 68 valence electrons. The molecule has 0 amide bonds. The summed E-state index contributed by atoms with van der Waals surface area (Å²) in [7, 11) is 0. The van der Waals surface area contributed by atoms with E-state index in [4.69, 9.17) is 5.11 Å². The van der Waals surface area contributed by atoms with Crippen LogP contribution in [0.25, 0.3) is 0 Å². The third kappa shape index (κ3) is 0.637. The third-order valence-corrected chi connectivity index (χ3v) is 3.74. The molecule has 3 unspecified atom stereocenters. The Morgan fingerprint density at radius 2 is 2.42 bits per heavy atom. The number of piperidine rings is 1. The fraction of sp³-hybridized carbons (Fsp3) is 0.889. The lowest BCUT2D eigenvalue weighted by molar-refractivity contribution is -0.145. The quantitative estimate of drug-likeness (QED) is 0.644. The van der Waals surface area contributed by atoms with E-state index in [0.717, 1.165) is 19.4 Å². The van der Waals surface area contributed by atoms with E-state index in [9.17, 15) is 4.79 Å². The highest BCUT2D eigenvalue weighted by molar-refractivity contribution is 5.82. The summed E-state index contributed by atoms with van der Waals surface area (Å²) in [6.07, 6.45) is 1.78. The molecular formula is C9H15NO2. The predicted molar refractivity (Wildman–Crippen MR) is 44.9 cm³/mol. The second-order valence-corrected chi connectivity index (χ2v) is 4.36. The van der Waals surface area contributed by atoms with E-state index in [1.165, 1.54) is 0 Å². The van der Waals surface area contributed by atoms with Gasteiger partial charge in [-0.05, 0) is 18.3 Å². The van der Waals surface area contributed by atoms with Crippen LogP contribution in [0, 0.1) is 10.8 Å². The first-order valence-electron chi connectivity index (χ1n) is 4.53. The second-order valence-electron chi connectivity index (χ2n) is 4.36. The van der Waals surface area contributed by atoms with Crippen LogP contribution >= 0.6 is 0 Å². The summed E-state index contributed by atoms with van der Waals surface area (Å²) in [5.41, 5.74) is -0.388. The van der Waals surface area contributed by atoms with Gasteiger partial charge in [0.15, 0.2) is 0 Å². The molecule has 12 heavy (non-hydrogen) atoms. The van der Waals surface area contributed by atoms with Gasteiger partial charge < -0.3 is 10.4 Å². The van der Waals surface area contributed by atoms with Gasteiger partial charge in [0.1, 0.15) is 0 Å². The summed E-state index contributed by atoms with van der Waals surface area (Å²) in [6, 6.07) is 0.194. The molecular weight excluding hydrogens is 154 g/mol. The van der Waals surface area contributed by atoms with Gasteiger partial charge in [0.25, 0.3) is 0 Å². The highest BCUT2D eigenvalue weighted by Gasteiger charge is 2.75. The standard InChI is InChI=1S/C9H15NO2/c1-3-6-9(7(11)12)4-8(9,2)5-10-6/h6,10H,3-5H2,1-2H3,(H,11,12). The molecule has 2 fully saturated rings. The van der Waals surface area contributed by atoms with Gasteiger partial charge in [0.05, 0.1) is 5.41 Å². The average molecular weight is 169 g/mol. The Labute approximate surface area is 72.2 Å². The van der Waals surface area contributed by atoms with E-state index in [1.807, 2.05) is 6.92 Å². The largest absolute Gasteiger partial charge is 0.481 e. The minimum atomic E-state index is -0.609. The molecule has 1 saturated carbocycles. The van der Waals surface area contributed by atoms with Gasteiger partial charge in [-0.2, -0.15) is 0 Å². The van der Waals surface area contributed by atoms with Gasteiger partial charge in [-0.15, -0.1) is 0 Å². The number of hydrogen-bond acceptors (Lipinski definition) is 2. The SMILES string of the molecule is CCC1NCC2(C)CC12C(=O)O. The van der Waals surface area contributed by atoms with Crippen molar-refractivity contribution < 1.29 is 9.90 Å². The van der Waals surface area contributed by atoms with Crippen LogP contribution in [0.3, 0.4) is 0 Å². The Balaban J connectivity index is 2.29. The predicted octanol–water partition coefficient (Wildman–Crippen LogP) is 0.849. The molecule has 0 bridgehead atoms.